The highest BCUT2D eigenvalue weighted by molar-refractivity contribution is 8.23. The van der Waals surface area contributed by atoms with E-state index < -0.39 is 0 Å². The monoisotopic (exact) mass is 215 g/mol. The predicted molar refractivity (Wildman–Crippen MR) is 54.1 cm³/mol. The molecule has 3 nitrogen and oxygen atoms in total. The van der Waals surface area contributed by atoms with Crippen molar-refractivity contribution >= 4 is 35.3 Å². The quantitative estimate of drug-likeness (QED) is 0.620. The van der Waals surface area contributed by atoms with Crippen LogP contribution >= 0.6 is 23.5 Å². The number of carbonyl (C=O) groups excluding carboxylic acids is 2. The molecule has 0 bridgehead atoms. The fraction of sp³-hybridized carbons (Fsp3) is 0.500. The lowest BCUT2D eigenvalue weighted by Crippen LogP contribution is -2.37. The highest BCUT2D eigenvalue weighted by atomic mass is 32.2. The second kappa shape index (κ2) is 3.06. The van der Waals surface area contributed by atoms with E-state index in [2.05, 4.69) is 0 Å². The van der Waals surface area contributed by atoms with E-state index in [0.29, 0.717) is 9.81 Å². The Bertz CT molecular complexity index is 296. The Morgan fingerprint density at radius 2 is 1.62 bits per heavy atom. The van der Waals surface area contributed by atoms with Crippen LogP contribution in [0.25, 0.3) is 0 Å². The summed E-state index contributed by atoms with van der Waals surface area (Å²) in [4.78, 5) is 26.0. The Morgan fingerprint density at radius 1 is 1.15 bits per heavy atom. The van der Waals surface area contributed by atoms with Gasteiger partial charge in [0.2, 0.25) is 0 Å². The van der Waals surface area contributed by atoms with Gasteiger partial charge in [-0.25, -0.2) is 0 Å². The number of nitrogens with zero attached hydrogens (tertiary/aromatic N) is 1. The first-order chi connectivity index (χ1) is 6.13. The molecule has 2 aliphatic heterocycles. The number of hydrogen-bond acceptors (Lipinski definition) is 4. The summed E-state index contributed by atoms with van der Waals surface area (Å²) < 4.78 is 0. The van der Waals surface area contributed by atoms with Crippen molar-refractivity contribution in [3.05, 3.63) is 9.81 Å². The molecule has 2 heterocycles. The summed E-state index contributed by atoms with van der Waals surface area (Å²) in [5.74, 6) is -0.213. The van der Waals surface area contributed by atoms with Gasteiger partial charge in [-0.1, -0.05) is 0 Å². The minimum absolute atomic E-state index is 0.0354. The summed E-state index contributed by atoms with van der Waals surface area (Å²) in [6, 6.07) is -0.0354. The lowest BCUT2D eigenvalue weighted by molar-refractivity contribution is -0.138. The number of carbonyl (C=O) groups is 2. The van der Waals surface area contributed by atoms with E-state index >= 15 is 0 Å². The number of amides is 2. The molecule has 0 aromatic carbocycles. The molecule has 0 aromatic heterocycles. The fourth-order valence-electron chi connectivity index (χ4n) is 1.38. The average molecular weight is 215 g/mol. The fourth-order valence-corrected chi connectivity index (χ4v) is 3.79. The van der Waals surface area contributed by atoms with Gasteiger partial charge in [0.25, 0.3) is 11.8 Å². The van der Waals surface area contributed by atoms with Crippen molar-refractivity contribution in [2.24, 2.45) is 0 Å². The van der Waals surface area contributed by atoms with E-state index in [1.54, 1.807) is 0 Å². The zero-order valence-electron chi connectivity index (χ0n) is 7.36. The highest BCUT2D eigenvalue weighted by Crippen LogP contribution is 2.45. The van der Waals surface area contributed by atoms with Crippen LogP contribution in [0.3, 0.4) is 0 Å². The van der Waals surface area contributed by atoms with E-state index in [9.17, 15) is 9.59 Å². The third-order valence-corrected chi connectivity index (χ3v) is 4.36. The van der Waals surface area contributed by atoms with Crippen molar-refractivity contribution in [1.29, 1.82) is 0 Å². The largest absolute Gasteiger partial charge is 0.271 e. The Labute approximate surface area is 84.9 Å². The molecule has 13 heavy (non-hydrogen) atoms. The van der Waals surface area contributed by atoms with E-state index in [-0.39, 0.29) is 17.9 Å². The lowest BCUT2D eigenvalue weighted by atomic mass is 10.3. The molecular formula is C8H9NO2S2. The first-order valence-electron chi connectivity index (χ1n) is 4.00. The topological polar surface area (TPSA) is 37.4 Å². The Hall–Kier alpha value is -0.420. The van der Waals surface area contributed by atoms with Crippen molar-refractivity contribution < 1.29 is 9.59 Å². The van der Waals surface area contributed by atoms with Crippen molar-refractivity contribution in [2.45, 2.75) is 19.9 Å². The molecular weight excluding hydrogens is 206 g/mol. The number of rotatable bonds is 1. The number of hydrogen-bond donors (Lipinski definition) is 0. The second-order valence-electron chi connectivity index (χ2n) is 3.14. The summed E-state index contributed by atoms with van der Waals surface area (Å²) in [6.45, 7) is 3.71. The van der Waals surface area contributed by atoms with Crippen molar-refractivity contribution in [2.75, 3.05) is 5.08 Å². The van der Waals surface area contributed by atoms with Crippen molar-refractivity contribution in [3.63, 3.8) is 0 Å². The summed E-state index contributed by atoms with van der Waals surface area (Å²) in [5.41, 5.74) is 0. The van der Waals surface area contributed by atoms with E-state index in [0.717, 1.165) is 5.08 Å². The van der Waals surface area contributed by atoms with Crippen LogP contribution in [0.2, 0.25) is 0 Å². The maximum Gasteiger partial charge on any atom is 0.268 e. The molecule has 0 aliphatic carbocycles. The Kier molecular flexibility index (Phi) is 2.15. The maximum absolute atomic E-state index is 11.7. The van der Waals surface area contributed by atoms with Crippen molar-refractivity contribution in [1.82, 2.24) is 4.90 Å². The first-order valence-corrected chi connectivity index (χ1v) is 5.98. The zero-order valence-corrected chi connectivity index (χ0v) is 9.00. The second-order valence-corrected chi connectivity index (χ2v) is 5.48. The van der Waals surface area contributed by atoms with Crippen molar-refractivity contribution in [3.8, 4) is 0 Å². The van der Waals surface area contributed by atoms with Gasteiger partial charge in [0, 0.05) is 11.1 Å². The standard InChI is InChI=1S/C8H9NO2S2/c1-4(2)9-7(10)5-6(8(9)11)13-3-12-5/h4H,3H2,1-2H3. The molecule has 0 fully saturated rings. The van der Waals surface area contributed by atoms with Gasteiger partial charge in [-0.15, -0.1) is 23.5 Å². The molecule has 5 heteroatoms. The first kappa shape index (κ1) is 9.15. The molecule has 0 atom stereocenters. The predicted octanol–water partition coefficient (Wildman–Crippen LogP) is 1.41. The lowest BCUT2D eigenvalue weighted by Gasteiger charge is -2.19. The molecule has 0 saturated heterocycles. The van der Waals surface area contributed by atoms with Gasteiger partial charge in [0.15, 0.2) is 0 Å². The van der Waals surface area contributed by atoms with Gasteiger partial charge in [0.1, 0.15) is 0 Å². The minimum atomic E-state index is -0.106. The molecule has 2 aliphatic rings. The molecule has 0 aromatic rings. The number of thioether (sulfide) groups is 2. The summed E-state index contributed by atoms with van der Waals surface area (Å²) in [7, 11) is 0. The molecule has 0 unspecified atom stereocenters. The molecule has 0 spiro atoms. The van der Waals surface area contributed by atoms with Crippen LogP contribution in [-0.2, 0) is 9.59 Å². The minimum Gasteiger partial charge on any atom is -0.271 e. The van der Waals surface area contributed by atoms with Gasteiger partial charge in [0.05, 0.1) is 9.81 Å². The van der Waals surface area contributed by atoms with E-state index in [4.69, 9.17) is 0 Å². The normalized spacial score (nSPS) is 22.2. The SMILES string of the molecule is CC(C)N1C(=O)C2=C(SCS2)C1=O. The average Bonchev–Trinajstić information content (AvgIpc) is 2.56. The van der Waals surface area contributed by atoms with Crippen LogP contribution in [-0.4, -0.2) is 27.8 Å². The third kappa shape index (κ3) is 1.21. The van der Waals surface area contributed by atoms with E-state index in [1.807, 2.05) is 13.8 Å². The maximum atomic E-state index is 11.7. The highest BCUT2D eigenvalue weighted by Gasteiger charge is 2.42. The van der Waals surface area contributed by atoms with Crippen LogP contribution < -0.4 is 0 Å². The zero-order chi connectivity index (χ0) is 9.59. The molecule has 0 radical (unpaired) electrons. The summed E-state index contributed by atoms with van der Waals surface area (Å²) >= 11 is 2.95. The molecule has 2 rings (SSSR count). The van der Waals surface area contributed by atoms with Crippen LogP contribution in [0.4, 0.5) is 0 Å². The van der Waals surface area contributed by atoms with Gasteiger partial charge in [-0.2, -0.15) is 0 Å². The third-order valence-electron chi connectivity index (χ3n) is 1.96. The van der Waals surface area contributed by atoms with Gasteiger partial charge in [-0.05, 0) is 13.8 Å². The smallest absolute Gasteiger partial charge is 0.268 e. The van der Waals surface area contributed by atoms with Crippen LogP contribution in [0.1, 0.15) is 13.8 Å². The van der Waals surface area contributed by atoms with Gasteiger partial charge in [-0.3, -0.25) is 14.5 Å². The van der Waals surface area contributed by atoms with Gasteiger partial charge >= 0.3 is 0 Å². The molecule has 2 amide bonds. The van der Waals surface area contributed by atoms with Crippen LogP contribution in [0.5, 0.6) is 0 Å². The Morgan fingerprint density at radius 3 is 2.00 bits per heavy atom. The summed E-state index contributed by atoms with van der Waals surface area (Å²) in [6.07, 6.45) is 0. The molecule has 70 valence electrons. The van der Waals surface area contributed by atoms with Gasteiger partial charge < -0.3 is 0 Å². The Balaban J connectivity index is 2.35. The number of imide groups is 1. The van der Waals surface area contributed by atoms with Crippen LogP contribution in [0.15, 0.2) is 9.81 Å². The van der Waals surface area contributed by atoms with Crippen LogP contribution in [0, 0.1) is 0 Å². The molecule has 0 N–H and O–H groups in total. The molecule has 0 saturated carbocycles. The summed E-state index contributed by atoms with van der Waals surface area (Å²) in [5, 5.41) is 0.800. The van der Waals surface area contributed by atoms with E-state index in [1.165, 1.54) is 28.4 Å².